The van der Waals surface area contributed by atoms with Crippen LogP contribution in [0.25, 0.3) is 10.9 Å². The van der Waals surface area contributed by atoms with Crippen LogP contribution < -0.4 is 5.32 Å². The van der Waals surface area contributed by atoms with Gasteiger partial charge in [0, 0.05) is 23.7 Å². The monoisotopic (exact) mass is 230 g/mol. The fraction of sp³-hybridized carbons (Fsp3) is 0.231. The number of aliphatic hydroxyl groups excluding tert-OH is 1. The van der Waals surface area contributed by atoms with Crippen molar-refractivity contribution in [2.24, 2.45) is 0 Å². The molecule has 0 unspecified atom stereocenters. The van der Waals surface area contributed by atoms with E-state index in [0.29, 0.717) is 5.56 Å². The van der Waals surface area contributed by atoms with Crippen LogP contribution in [0.15, 0.2) is 36.5 Å². The highest BCUT2D eigenvalue weighted by atomic mass is 16.3. The highest BCUT2D eigenvalue weighted by Gasteiger charge is 2.07. The fourth-order valence-corrected chi connectivity index (χ4v) is 1.56. The Balaban J connectivity index is 2.21. The van der Waals surface area contributed by atoms with Crippen molar-refractivity contribution >= 4 is 16.8 Å². The Kier molecular flexibility index (Phi) is 3.35. The summed E-state index contributed by atoms with van der Waals surface area (Å²) in [6.07, 6.45) is 1.18. The first kappa shape index (κ1) is 11.5. The summed E-state index contributed by atoms with van der Waals surface area (Å²) in [5, 5.41) is 12.7. The number of hydrogen-bond donors (Lipinski definition) is 2. The van der Waals surface area contributed by atoms with Crippen LogP contribution in [0.5, 0.6) is 0 Å². The molecule has 0 spiro atoms. The first-order valence-corrected chi connectivity index (χ1v) is 5.48. The molecule has 1 amide bonds. The van der Waals surface area contributed by atoms with Crippen LogP contribution in [0.2, 0.25) is 0 Å². The summed E-state index contributed by atoms with van der Waals surface area (Å²) in [7, 11) is 0. The van der Waals surface area contributed by atoms with Gasteiger partial charge in [0.15, 0.2) is 0 Å². The van der Waals surface area contributed by atoms with E-state index in [1.54, 1.807) is 25.3 Å². The molecule has 0 fully saturated rings. The van der Waals surface area contributed by atoms with E-state index >= 15 is 0 Å². The summed E-state index contributed by atoms with van der Waals surface area (Å²) in [5.74, 6) is -0.184. The van der Waals surface area contributed by atoms with Gasteiger partial charge in [-0.25, -0.2) is 0 Å². The summed E-state index contributed by atoms with van der Waals surface area (Å²) >= 11 is 0. The predicted molar refractivity (Wildman–Crippen MR) is 65.8 cm³/mol. The molecule has 1 heterocycles. The van der Waals surface area contributed by atoms with Crippen LogP contribution >= 0.6 is 0 Å². The molecule has 1 aromatic heterocycles. The molecule has 2 N–H and O–H groups in total. The van der Waals surface area contributed by atoms with Crippen LogP contribution in [-0.4, -0.2) is 28.6 Å². The molecule has 1 aromatic carbocycles. The Morgan fingerprint density at radius 3 is 3.06 bits per heavy atom. The molecule has 88 valence electrons. The molecule has 0 saturated carbocycles. The summed E-state index contributed by atoms with van der Waals surface area (Å²) < 4.78 is 0. The first-order valence-electron chi connectivity index (χ1n) is 5.48. The lowest BCUT2D eigenvalue weighted by atomic mass is 10.1. The minimum atomic E-state index is -0.541. The average molecular weight is 230 g/mol. The quantitative estimate of drug-likeness (QED) is 0.836. The van der Waals surface area contributed by atoms with Gasteiger partial charge in [-0.05, 0) is 31.2 Å². The van der Waals surface area contributed by atoms with Gasteiger partial charge in [0.1, 0.15) is 0 Å². The van der Waals surface area contributed by atoms with E-state index in [-0.39, 0.29) is 12.5 Å². The van der Waals surface area contributed by atoms with Gasteiger partial charge in [-0.1, -0.05) is 6.07 Å². The standard InChI is InChI=1S/C13H14N2O2/c1-9(16)8-15-13(17)11-4-5-12-10(7-11)3-2-6-14-12/h2-7,9,16H,8H2,1H3,(H,15,17)/t9-/m1/s1. The summed E-state index contributed by atoms with van der Waals surface area (Å²) in [6.45, 7) is 1.88. The summed E-state index contributed by atoms with van der Waals surface area (Å²) in [6, 6.07) is 9.08. The molecule has 0 saturated heterocycles. The van der Waals surface area contributed by atoms with Crippen molar-refractivity contribution in [1.29, 1.82) is 0 Å². The van der Waals surface area contributed by atoms with Crippen molar-refractivity contribution in [3.05, 3.63) is 42.1 Å². The largest absolute Gasteiger partial charge is 0.392 e. The van der Waals surface area contributed by atoms with E-state index in [1.807, 2.05) is 18.2 Å². The number of rotatable bonds is 3. The Morgan fingerprint density at radius 1 is 1.47 bits per heavy atom. The highest BCUT2D eigenvalue weighted by molar-refractivity contribution is 5.97. The molecule has 0 aliphatic carbocycles. The van der Waals surface area contributed by atoms with Crippen LogP contribution in [-0.2, 0) is 0 Å². The third-order valence-corrected chi connectivity index (χ3v) is 2.42. The Morgan fingerprint density at radius 2 is 2.29 bits per heavy atom. The Bertz CT molecular complexity index is 538. The number of fused-ring (bicyclic) bond motifs is 1. The third kappa shape index (κ3) is 2.79. The average Bonchev–Trinajstić information content (AvgIpc) is 2.35. The molecule has 0 radical (unpaired) electrons. The van der Waals surface area contributed by atoms with Gasteiger partial charge in [0.25, 0.3) is 5.91 Å². The van der Waals surface area contributed by atoms with E-state index in [1.165, 1.54) is 0 Å². The van der Waals surface area contributed by atoms with Crippen molar-refractivity contribution in [3.63, 3.8) is 0 Å². The molecular weight excluding hydrogens is 216 g/mol. The predicted octanol–water partition coefficient (Wildman–Crippen LogP) is 1.35. The minimum Gasteiger partial charge on any atom is -0.392 e. The Labute approximate surface area is 99.3 Å². The molecule has 4 heteroatoms. The molecule has 17 heavy (non-hydrogen) atoms. The molecular formula is C13H14N2O2. The van der Waals surface area contributed by atoms with Crippen molar-refractivity contribution in [2.75, 3.05) is 6.54 Å². The lowest BCUT2D eigenvalue weighted by molar-refractivity contribution is 0.0924. The van der Waals surface area contributed by atoms with Gasteiger partial charge in [0.05, 0.1) is 11.6 Å². The van der Waals surface area contributed by atoms with Crippen LogP contribution in [0.4, 0.5) is 0 Å². The smallest absolute Gasteiger partial charge is 0.251 e. The summed E-state index contributed by atoms with van der Waals surface area (Å²) in [5.41, 5.74) is 1.44. The molecule has 1 atom stereocenters. The number of pyridine rings is 1. The van der Waals surface area contributed by atoms with E-state index in [9.17, 15) is 4.79 Å². The fourth-order valence-electron chi connectivity index (χ4n) is 1.56. The van der Waals surface area contributed by atoms with E-state index < -0.39 is 6.10 Å². The van der Waals surface area contributed by atoms with E-state index in [0.717, 1.165) is 10.9 Å². The van der Waals surface area contributed by atoms with Crippen molar-refractivity contribution in [3.8, 4) is 0 Å². The maximum Gasteiger partial charge on any atom is 0.251 e. The highest BCUT2D eigenvalue weighted by Crippen LogP contribution is 2.13. The van der Waals surface area contributed by atoms with E-state index in [2.05, 4.69) is 10.3 Å². The topological polar surface area (TPSA) is 62.2 Å². The van der Waals surface area contributed by atoms with E-state index in [4.69, 9.17) is 5.11 Å². The number of carbonyl (C=O) groups excluding carboxylic acids is 1. The van der Waals surface area contributed by atoms with Gasteiger partial charge in [-0.2, -0.15) is 0 Å². The number of benzene rings is 1. The minimum absolute atomic E-state index is 0.184. The number of carbonyl (C=O) groups is 1. The van der Waals surface area contributed by atoms with Gasteiger partial charge in [-0.3, -0.25) is 9.78 Å². The van der Waals surface area contributed by atoms with Crippen molar-refractivity contribution in [2.45, 2.75) is 13.0 Å². The number of nitrogens with one attached hydrogen (secondary N) is 1. The van der Waals surface area contributed by atoms with Crippen molar-refractivity contribution in [1.82, 2.24) is 10.3 Å². The lowest BCUT2D eigenvalue weighted by Crippen LogP contribution is -2.30. The molecule has 2 rings (SSSR count). The lowest BCUT2D eigenvalue weighted by Gasteiger charge is -2.07. The molecule has 2 aromatic rings. The first-order chi connectivity index (χ1) is 8.16. The second kappa shape index (κ2) is 4.93. The van der Waals surface area contributed by atoms with Crippen LogP contribution in [0.3, 0.4) is 0 Å². The zero-order valence-electron chi connectivity index (χ0n) is 9.55. The number of aliphatic hydroxyl groups is 1. The van der Waals surface area contributed by atoms with Gasteiger partial charge in [-0.15, -0.1) is 0 Å². The van der Waals surface area contributed by atoms with Gasteiger partial charge in [0.2, 0.25) is 0 Å². The normalized spacial score (nSPS) is 12.4. The maximum absolute atomic E-state index is 11.8. The Hall–Kier alpha value is -1.94. The van der Waals surface area contributed by atoms with Crippen LogP contribution in [0.1, 0.15) is 17.3 Å². The second-order valence-corrected chi connectivity index (χ2v) is 3.97. The zero-order chi connectivity index (χ0) is 12.3. The molecule has 4 nitrogen and oxygen atoms in total. The zero-order valence-corrected chi connectivity index (χ0v) is 9.55. The molecule has 0 aliphatic rings. The summed E-state index contributed by atoms with van der Waals surface area (Å²) in [4.78, 5) is 15.9. The van der Waals surface area contributed by atoms with Gasteiger partial charge < -0.3 is 10.4 Å². The van der Waals surface area contributed by atoms with Crippen molar-refractivity contribution < 1.29 is 9.90 Å². The SMILES string of the molecule is C[C@@H](O)CNC(=O)c1ccc2ncccc2c1. The maximum atomic E-state index is 11.8. The number of hydrogen-bond acceptors (Lipinski definition) is 3. The molecule has 0 bridgehead atoms. The number of aromatic nitrogens is 1. The molecule has 0 aliphatic heterocycles. The van der Waals surface area contributed by atoms with Gasteiger partial charge >= 0.3 is 0 Å². The van der Waals surface area contributed by atoms with Crippen LogP contribution in [0, 0.1) is 0 Å². The third-order valence-electron chi connectivity index (χ3n) is 2.42. The number of amides is 1. The number of nitrogens with zero attached hydrogens (tertiary/aromatic N) is 1. The second-order valence-electron chi connectivity index (χ2n) is 3.97.